The van der Waals surface area contributed by atoms with E-state index in [0.29, 0.717) is 19.0 Å². The van der Waals surface area contributed by atoms with E-state index in [2.05, 4.69) is 25.2 Å². The van der Waals surface area contributed by atoms with Gasteiger partial charge < -0.3 is 15.8 Å². The molecule has 1 rings (SSSR count). The fraction of sp³-hybridized carbons (Fsp3) is 0.500. The third kappa shape index (κ3) is 5.94. The number of halogens is 1. The number of benzene rings is 1. The van der Waals surface area contributed by atoms with E-state index in [0.717, 1.165) is 16.9 Å². The summed E-state index contributed by atoms with van der Waals surface area (Å²) in [5.74, 6) is 1.01. The van der Waals surface area contributed by atoms with Crippen LogP contribution in [0, 0.1) is 6.92 Å². The van der Waals surface area contributed by atoms with E-state index in [-0.39, 0.29) is 24.9 Å². The maximum absolute atomic E-state index is 11.4. The summed E-state index contributed by atoms with van der Waals surface area (Å²) in [5.41, 5.74) is 7.55. The maximum atomic E-state index is 11.4. The van der Waals surface area contributed by atoms with Crippen LogP contribution >= 0.6 is 12.4 Å². The molecule has 5 heteroatoms. The molecule has 1 aromatic rings. The maximum Gasteiger partial charge on any atom is 0.257 e. The fourth-order valence-electron chi connectivity index (χ4n) is 1.65. The second-order valence-corrected chi connectivity index (χ2v) is 4.62. The first kappa shape index (κ1) is 17.7. The van der Waals surface area contributed by atoms with Crippen LogP contribution in [0.1, 0.15) is 30.9 Å². The minimum absolute atomic E-state index is 0. The van der Waals surface area contributed by atoms with E-state index in [9.17, 15) is 4.79 Å². The SMILES string of the molecule is Cc1ccc(C(C)C)c(OCC(=O)NCCN)c1.Cl. The average Bonchev–Trinajstić information content (AvgIpc) is 2.33. The van der Waals surface area contributed by atoms with Gasteiger partial charge in [0.05, 0.1) is 0 Å². The third-order valence-corrected chi connectivity index (χ3v) is 2.62. The van der Waals surface area contributed by atoms with Crippen molar-refractivity contribution in [1.29, 1.82) is 0 Å². The molecule has 4 nitrogen and oxygen atoms in total. The minimum atomic E-state index is -0.142. The Balaban J connectivity index is 0.00000324. The van der Waals surface area contributed by atoms with Gasteiger partial charge in [0.25, 0.3) is 5.91 Å². The van der Waals surface area contributed by atoms with Gasteiger partial charge in [-0.3, -0.25) is 4.79 Å². The highest BCUT2D eigenvalue weighted by molar-refractivity contribution is 5.85. The molecular weight excluding hydrogens is 264 g/mol. The Morgan fingerprint density at radius 2 is 2.11 bits per heavy atom. The molecule has 19 heavy (non-hydrogen) atoms. The molecule has 1 amide bonds. The Bertz CT molecular complexity index is 408. The zero-order valence-electron chi connectivity index (χ0n) is 11.7. The van der Waals surface area contributed by atoms with Gasteiger partial charge in [-0.2, -0.15) is 0 Å². The van der Waals surface area contributed by atoms with Crippen LogP contribution in [0.4, 0.5) is 0 Å². The predicted octanol–water partition coefficient (Wildman–Crippen LogP) is 1.99. The molecule has 0 spiro atoms. The summed E-state index contributed by atoms with van der Waals surface area (Å²) in [4.78, 5) is 11.4. The summed E-state index contributed by atoms with van der Waals surface area (Å²) >= 11 is 0. The summed E-state index contributed by atoms with van der Waals surface area (Å²) in [6, 6.07) is 6.06. The lowest BCUT2D eigenvalue weighted by Crippen LogP contribution is -2.33. The molecule has 0 aliphatic carbocycles. The number of aryl methyl sites for hydroxylation is 1. The number of carbonyl (C=O) groups excluding carboxylic acids is 1. The molecule has 3 N–H and O–H groups in total. The summed E-state index contributed by atoms with van der Waals surface area (Å²) < 4.78 is 5.59. The van der Waals surface area contributed by atoms with Crippen LogP contribution in [0.3, 0.4) is 0 Å². The molecule has 0 heterocycles. The largest absolute Gasteiger partial charge is 0.483 e. The third-order valence-electron chi connectivity index (χ3n) is 2.62. The van der Waals surface area contributed by atoms with Crippen molar-refractivity contribution >= 4 is 18.3 Å². The van der Waals surface area contributed by atoms with Gasteiger partial charge in [-0.25, -0.2) is 0 Å². The van der Waals surface area contributed by atoms with E-state index >= 15 is 0 Å². The van der Waals surface area contributed by atoms with E-state index in [1.165, 1.54) is 0 Å². The van der Waals surface area contributed by atoms with Gasteiger partial charge in [0.15, 0.2) is 6.61 Å². The van der Waals surface area contributed by atoms with Crippen molar-refractivity contribution in [2.75, 3.05) is 19.7 Å². The van der Waals surface area contributed by atoms with Crippen LogP contribution in [0.15, 0.2) is 18.2 Å². The molecule has 1 aromatic carbocycles. The zero-order chi connectivity index (χ0) is 13.5. The van der Waals surface area contributed by atoms with Gasteiger partial charge in [0, 0.05) is 13.1 Å². The highest BCUT2D eigenvalue weighted by Gasteiger charge is 2.09. The summed E-state index contributed by atoms with van der Waals surface area (Å²) in [6.45, 7) is 7.16. The highest BCUT2D eigenvalue weighted by Crippen LogP contribution is 2.27. The number of nitrogens with two attached hydrogens (primary N) is 1. The topological polar surface area (TPSA) is 64.3 Å². The Labute approximate surface area is 121 Å². The minimum Gasteiger partial charge on any atom is -0.483 e. The van der Waals surface area contributed by atoms with Crippen LogP contribution < -0.4 is 15.8 Å². The molecule has 0 unspecified atom stereocenters. The van der Waals surface area contributed by atoms with Crippen molar-refractivity contribution in [3.05, 3.63) is 29.3 Å². The van der Waals surface area contributed by atoms with Gasteiger partial charge in [-0.15, -0.1) is 12.4 Å². The molecule has 0 aromatic heterocycles. The molecule has 0 aliphatic heterocycles. The molecule has 0 saturated carbocycles. The van der Waals surface area contributed by atoms with E-state index in [4.69, 9.17) is 10.5 Å². The Morgan fingerprint density at radius 3 is 2.68 bits per heavy atom. The molecule has 0 radical (unpaired) electrons. The molecule has 0 aliphatic rings. The van der Waals surface area contributed by atoms with Crippen LogP contribution in [0.25, 0.3) is 0 Å². The number of amides is 1. The Morgan fingerprint density at radius 1 is 1.42 bits per heavy atom. The number of carbonyl (C=O) groups is 1. The molecule has 0 saturated heterocycles. The lowest BCUT2D eigenvalue weighted by molar-refractivity contribution is -0.123. The van der Waals surface area contributed by atoms with Gasteiger partial charge in [0.2, 0.25) is 0 Å². The first-order valence-electron chi connectivity index (χ1n) is 6.24. The lowest BCUT2D eigenvalue weighted by atomic mass is 10.0. The second kappa shape index (κ2) is 8.77. The molecule has 0 fully saturated rings. The first-order chi connectivity index (χ1) is 8.54. The fourth-order valence-corrected chi connectivity index (χ4v) is 1.65. The quantitative estimate of drug-likeness (QED) is 0.841. The second-order valence-electron chi connectivity index (χ2n) is 4.62. The van der Waals surface area contributed by atoms with Gasteiger partial charge in [-0.1, -0.05) is 26.0 Å². The van der Waals surface area contributed by atoms with E-state index in [1.54, 1.807) is 0 Å². The molecular formula is C14H23ClN2O2. The van der Waals surface area contributed by atoms with Crippen molar-refractivity contribution in [3.63, 3.8) is 0 Å². The molecule has 0 bridgehead atoms. The summed E-state index contributed by atoms with van der Waals surface area (Å²) in [6.07, 6.45) is 0. The smallest absolute Gasteiger partial charge is 0.257 e. The van der Waals surface area contributed by atoms with Crippen LogP contribution in [-0.2, 0) is 4.79 Å². The number of hydrogen-bond donors (Lipinski definition) is 2. The molecule has 108 valence electrons. The number of ether oxygens (including phenoxy) is 1. The standard InChI is InChI=1S/C14H22N2O2.ClH/c1-10(2)12-5-4-11(3)8-13(12)18-9-14(17)16-7-6-15;/h4-5,8,10H,6-7,9,15H2,1-3H3,(H,16,17);1H. The van der Waals surface area contributed by atoms with Crippen LogP contribution in [-0.4, -0.2) is 25.6 Å². The van der Waals surface area contributed by atoms with E-state index < -0.39 is 0 Å². The van der Waals surface area contributed by atoms with Crippen molar-refractivity contribution in [2.45, 2.75) is 26.7 Å². The number of rotatable bonds is 6. The predicted molar refractivity (Wildman–Crippen MR) is 80.1 cm³/mol. The Hall–Kier alpha value is -1.26. The first-order valence-corrected chi connectivity index (χ1v) is 6.24. The number of nitrogens with one attached hydrogen (secondary N) is 1. The van der Waals surface area contributed by atoms with Gasteiger partial charge in [0.1, 0.15) is 5.75 Å². The normalized spacial score (nSPS) is 9.95. The van der Waals surface area contributed by atoms with Crippen molar-refractivity contribution in [1.82, 2.24) is 5.32 Å². The highest BCUT2D eigenvalue weighted by atomic mass is 35.5. The van der Waals surface area contributed by atoms with E-state index in [1.807, 2.05) is 19.1 Å². The average molecular weight is 287 g/mol. The lowest BCUT2D eigenvalue weighted by Gasteiger charge is -2.14. The zero-order valence-corrected chi connectivity index (χ0v) is 12.5. The Kier molecular flexibility index (Phi) is 8.19. The van der Waals surface area contributed by atoms with Gasteiger partial charge in [-0.05, 0) is 30.0 Å². The van der Waals surface area contributed by atoms with Crippen molar-refractivity contribution in [3.8, 4) is 5.75 Å². The summed E-state index contributed by atoms with van der Waals surface area (Å²) in [5, 5.41) is 2.68. The van der Waals surface area contributed by atoms with Crippen molar-refractivity contribution in [2.24, 2.45) is 5.73 Å². The van der Waals surface area contributed by atoms with Crippen LogP contribution in [0.2, 0.25) is 0 Å². The van der Waals surface area contributed by atoms with Crippen molar-refractivity contribution < 1.29 is 9.53 Å². The van der Waals surface area contributed by atoms with Gasteiger partial charge >= 0.3 is 0 Å². The molecule has 0 atom stereocenters. The monoisotopic (exact) mass is 286 g/mol. The number of hydrogen-bond acceptors (Lipinski definition) is 3. The van der Waals surface area contributed by atoms with Crippen LogP contribution in [0.5, 0.6) is 5.75 Å². The summed E-state index contributed by atoms with van der Waals surface area (Å²) in [7, 11) is 0.